The number of carbonyl (C=O) groups is 3. The zero-order chi connectivity index (χ0) is 17.8. The molecule has 1 aliphatic carbocycles. The predicted octanol–water partition coefficient (Wildman–Crippen LogP) is 2.08. The Kier molecular flexibility index (Phi) is 5.31. The lowest BCUT2D eigenvalue weighted by atomic mass is 9.85. The molecule has 0 saturated carbocycles. The van der Waals surface area contributed by atoms with Gasteiger partial charge in [-0.3, -0.25) is 19.3 Å². The Morgan fingerprint density at radius 1 is 1.12 bits per heavy atom. The maximum Gasteiger partial charge on any atom is 0.243 e. The molecule has 1 aromatic carbocycles. The molecule has 1 fully saturated rings. The Labute approximate surface area is 148 Å². The molecule has 0 aromatic heterocycles. The van der Waals surface area contributed by atoms with Gasteiger partial charge < -0.3 is 5.32 Å². The average molecular weight is 340 g/mol. The largest absolute Gasteiger partial charge is 0.354 e. The summed E-state index contributed by atoms with van der Waals surface area (Å²) in [5.41, 5.74) is 1.23. The first-order valence-corrected chi connectivity index (χ1v) is 8.93. The first-order valence-electron chi connectivity index (χ1n) is 8.93. The minimum atomic E-state index is -0.748. The van der Waals surface area contributed by atoms with Gasteiger partial charge >= 0.3 is 0 Å². The van der Waals surface area contributed by atoms with Crippen molar-refractivity contribution in [1.29, 1.82) is 0 Å². The molecular formula is C20H24N2O3. The predicted molar refractivity (Wildman–Crippen MR) is 94.4 cm³/mol. The van der Waals surface area contributed by atoms with Crippen LogP contribution in [0.2, 0.25) is 0 Å². The summed E-state index contributed by atoms with van der Waals surface area (Å²) in [6, 6.07) is 9.33. The summed E-state index contributed by atoms with van der Waals surface area (Å²) >= 11 is 0. The van der Waals surface area contributed by atoms with Gasteiger partial charge in [-0.2, -0.15) is 0 Å². The van der Waals surface area contributed by atoms with E-state index in [1.165, 1.54) is 10.5 Å². The van der Waals surface area contributed by atoms with E-state index in [2.05, 4.69) is 17.4 Å². The van der Waals surface area contributed by atoms with Crippen LogP contribution in [0.5, 0.6) is 0 Å². The standard InChI is InChI=1S/C20H24N2O3/c1-14(18(23)21-13-7-10-15-8-3-2-4-9-15)22-19(24)16-11-5-6-12-17(16)20(22)25/h2-6,8-9,14,16-17H,7,10-13H2,1H3,(H,21,23)/t14-,16-,17-/m1/s1. The van der Waals surface area contributed by atoms with Gasteiger partial charge in [-0.15, -0.1) is 0 Å². The number of nitrogens with zero attached hydrogens (tertiary/aromatic N) is 1. The molecule has 0 spiro atoms. The molecule has 3 atom stereocenters. The number of rotatable bonds is 6. The molecule has 1 aromatic rings. The summed E-state index contributed by atoms with van der Waals surface area (Å²) in [6.07, 6.45) is 6.79. The van der Waals surface area contributed by atoms with Crippen molar-refractivity contribution in [2.24, 2.45) is 11.8 Å². The molecule has 1 aliphatic heterocycles. The molecule has 1 saturated heterocycles. The third-order valence-corrected chi connectivity index (χ3v) is 5.09. The van der Waals surface area contributed by atoms with Crippen molar-refractivity contribution >= 4 is 17.7 Å². The monoisotopic (exact) mass is 340 g/mol. The van der Waals surface area contributed by atoms with Gasteiger partial charge in [0.05, 0.1) is 11.8 Å². The zero-order valence-corrected chi connectivity index (χ0v) is 14.5. The Hall–Kier alpha value is -2.43. The molecule has 5 nitrogen and oxygen atoms in total. The van der Waals surface area contributed by atoms with Gasteiger partial charge in [-0.1, -0.05) is 42.5 Å². The molecule has 1 N–H and O–H groups in total. The molecule has 132 valence electrons. The number of allylic oxidation sites excluding steroid dienone is 2. The van der Waals surface area contributed by atoms with Crippen LogP contribution in [-0.4, -0.2) is 35.2 Å². The van der Waals surface area contributed by atoms with E-state index in [-0.39, 0.29) is 29.6 Å². The number of imide groups is 1. The van der Waals surface area contributed by atoms with Crippen LogP contribution in [0.15, 0.2) is 42.5 Å². The zero-order valence-electron chi connectivity index (χ0n) is 14.5. The third kappa shape index (κ3) is 3.65. The van der Waals surface area contributed by atoms with Crippen LogP contribution in [0.4, 0.5) is 0 Å². The fraction of sp³-hybridized carbons (Fsp3) is 0.450. The second-order valence-electron chi connectivity index (χ2n) is 6.76. The molecule has 0 bridgehead atoms. The lowest BCUT2D eigenvalue weighted by Gasteiger charge is -2.22. The first kappa shape index (κ1) is 17.4. The number of carbonyl (C=O) groups excluding carboxylic acids is 3. The summed E-state index contributed by atoms with van der Waals surface area (Å²) in [6.45, 7) is 2.16. The molecule has 0 unspecified atom stereocenters. The van der Waals surface area contributed by atoms with Gasteiger partial charge in [0.15, 0.2) is 0 Å². The van der Waals surface area contributed by atoms with Gasteiger partial charge in [-0.05, 0) is 38.2 Å². The molecule has 25 heavy (non-hydrogen) atoms. The molecule has 0 radical (unpaired) electrons. The van der Waals surface area contributed by atoms with E-state index in [1.807, 2.05) is 30.4 Å². The van der Waals surface area contributed by atoms with E-state index < -0.39 is 6.04 Å². The first-order chi connectivity index (χ1) is 12.1. The highest BCUT2D eigenvalue weighted by Gasteiger charge is 2.49. The Balaban J connectivity index is 1.50. The van der Waals surface area contributed by atoms with Crippen molar-refractivity contribution in [3.8, 4) is 0 Å². The maximum atomic E-state index is 12.5. The van der Waals surface area contributed by atoms with Crippen molar-refractivity contribution in [2.75, 3.05) is 6.54 Å². The fourth-order valence-corrected chi connectivity index (χ4v) is 3.62. The summed E-state index contributed by atoms with van der Waals surface area (Å²) in [4.78, 5) is 38.5. The van der Waals surface area contributed by atoms with Crippen LogP contribution < -0.4 is 5.32 Å². The summed E-state index contributed by atoms with van der Waals surface area (Å²) in [5, 5.41) is 2.85. The lowest BCUT2D eigenvalue weighted by Crippen LogP contribution is -2.48. The normalized spacial score (nSPS) is 23.5. The second kappa shape index (κ2) is 7.64. The van der Waals surface area contributed by atoms with Crippen molar-refractivity contribution in [3.05, 3.63) is 48.0 Å². The Morgan fingerprint density at radius 3 is 2.32 bits per heavy atom. The number of aryl methyl sites for hydroxylation is 1. The number of likely N-dealkylation sites (tertiary alicyclic amines) is 1. The van der Waals surface area contributed by atoms with Crippen molar-refractivity contribution in [3.63, 3.8) is 0 Å². The molecule has 2 aliphatic rings. The number of benzene rings is 1. The van der Waals surface area contributed by atoms with Crippen molar-refractivity contribution < 1.29 is 14.4 Å². The number of fused-ring (bicyclic) bond motifs is 1. The van der Waals surface area contributed by atoms with Crippen LogP contribution in [0.1, 0.15) is 31.7 Å². The minimum absolute atomic E-state index is 0.203. The second-order valence-corrected chi connectivity index (χ2v) is 6.76. The topological polar surface area (TPSA) is 66.5 Å². The highest BCUT2D eigenvalue weighted by Crippen LogP contribution is 2.36. The summed E-state index contributed by atoms with van der Waals surface area (Å²) < 4.78 is 0. The average Bonchev–Trinajstić information content (AvgIpc) is 2.90. The highest BCUT2D eigenvalue weighted by atomic mass is 16.2. The molecule has 3 amide bonds. The van der Waals surface area contributed by atoms with Gasteiger partial charge in [0.25, 0.3) is 0 Å². The van der Waals surface area contributed by atoms with Gasteiger partial charge in [0, 0.05) is 6.54 Å². The van der Waals surface area contributed by atoms with Gasteiger partial charge in [-0.25, -0.2) is 0 Å². The molecule has 1 heterocycles. The highest BCUT2D eigenvalue weighted by molar-refractivity contribution is 6.08. The van der Waals surface area contributed by atoms with E-state index in [9.17, 15) is 14.4 Å². The van der Waals surface area contributed by atoms with Gasteiger partial charge in [0.2, 0.25) is 17.7 Å². The van der Waals surface area contributed by atoms with E-state index in [0.29, 0.717) is 19.4 Å². The fourth-order valence-electron chi connectivity index (χ4n) is 3.62. The summed E-state index contributed by atoms with van der Waals surface area (Å²) in [5.74, 6) is -1.24. The van der Waals surface area contributed by atoms with Crippen LogP contribution in [0.3, 0.4) is 0 Å². The molecular weight excluding hydrogens is 316 g/mol. The Bertz CT molecular complexity index is 657. The number of hydrogen-bond donors (Lipinski definition) is 1. The Morgan fingerprint density at radius 2 is 1.72 bits per heavy atom. The minimum Gasteiger partial charge on any atom is -0.354 e. The summed E-state index contributed by atoms with van der Waals surface area (Å²) in [7, 11) is 0. The van der Waals surface area contributed by atoms with Crippen molar-refractivity contribution in [1.82, 2.24) is 10.2 Å². The van der Waals surface area contributed by atoms with Crippen LogP contribution >= 0.6 is 0 Å². The molecule has 5 heteroatoms. The third-order valence-electron chi connectivity index (χ3n) is 5.09. The lowest BCUT2D eigenvalue weighted by molar-refractivity contribution is -0.147. The maximum absolute atomic E-state index is 12.5. The SMILES string of the molecule is C[C@H](C(=O)NCCCc1ccccc1)N1C(=O)[C@@H]2CC=CC[C@H]2C1=O. The number of nitrogens with one attached hydrogen (secondary N) is 1. The van der Waals surface area contributed by atoms with E-state index >= 15 is 0 Å². The van der Waals surface area contributed by atoms with Crippen LogP contribution in [-0.2, 0) is 20.8 Å². The van der Waals surface area contributed by atoms with Crippen LogP contribution in [0, 0.1) is 11.8 Å². The smallest absolute Gasteiger partial charge is 0.243 e. The van der Waals surface area contributed by atoms with E-state index in [1.54, 1.807) is 6.92 Å². The van der Waals surface area contributed by atoms with Crippen molar-refractivity contribution in [2.45, 2.75) is 38.6 Å². The van der Waals surface area contributed by atoms with Gasteiger partial charge in [0.1, 0.15) is 6.04 Å². The van der Waals surface area contributed by atoms with E-state index in [0.717, 1.165) is 12.8 Å². The van der Waals surface area contributed by atoms with E-state index in [4.69, 9.17) is 0 Å². The van der Waals surface area contributed by atoms with Crippen LogP contribution in [0.25, 0.3) is 0 Å². The quantitative estimate of drug-likeness (QED) is 0.490. The molecule has 3 rings (SSSR count). The number of hydrogen-bond acceptors (Lipinski definition) is 3. The number of amides is 3.